The number of rotatable bonds is 2. The second-order valence-corrected chi connectivity index (χ2v) is 13.0. The lowest BCUT2D eigenvalue weighted by Crippen LogP contribution is -2.42. The van der Waals surface area contributed by atoms with Gasteiger partial charge >= 0.3 is 0 Å². The van der Waals surface area contributed by atoms with Crippen LogP contribution in [0.3, 0.4) is 0 Å². The van der Waals surface area contributed by atoms with E-state index in [4.69, 9.17) is 9.47 Å². The molecule has 4 rings (SSSR count). The molecule has 2 aliphatic rings. The van der Waals surface area contributed by atoms with Crippen molar-refractivity contribution in [2.24, 2.45) is 0 Å². The number of methoxy groups -OCH3 is 2. The van der Waals surface area contributed by atoms with E-state index in [1.54, 1.807) is 14.2 Å². The summed E-state index contributed by atoms with van der Waals surface area (Å²) in [7, 11) is 3.54. The van der Waals surface area contributed by atoms with Gasteiger partial charge in [-0.1, -0.05) is 27.7 Å². The Morgan fingerprint density at radius 2 is 1.07 bits per heavy atom. The predicted octanol–water partition coefficient (Wildman–Crippen LogP) is 7.26. The van der Waals surface area contributed by atoms with E-state index in [-0.39, 0.29) is 14.9 Å². The van der Waals surface area contributed by atoms with Crippen LogP contribution < -0.4 is 9.47 Å². The van der Waals surface area contributed by atoms with E-state index in [9.17, 15) is 0 Å². The average Bonchev–Trinajstić information content (AvgIpc) is 2.59. The van der Waals surface area contributed by atoms with Crippen molar-refractivity contribution in [3.63, 3.8) is 0 Å². The molecule has 0 unspecified atom stereocenters. The highest BCUT2D eigenvalue weighted by molar-refractivity contribution is 8.18. The van der Waals surface area contributed by atoms with Gasteiger partial charge in [-0.05, 0) is 84.0 Å². The number of thioether (sulfide) groups is 2. The van der Waals surface area contributed by atoms with Crippen molar-refractivity contribution in [2.45, 2.75) is 79.1 Å². The zero-order chi connectivity index (χ0) is 21.2. The summed E-state index contributed by atoms with van der Waals surface area (Å²) in [6, 6.07) is 9.21. The van der Waals surface area contributed by atoms with Crippen molar-refractivity contribution in [3.05, 3.63) is 46.5 Å². The third-order valence-electron chi connectivity index (χ3n) is 6.47. The van der Waals surface area contributed by atoms with Crippen molar-refractivity contribution < 1.29 is 9.47 Å². The lowest BCUT2D eigenvalue weighted by molar-refractivity contribution is 0.357. The Morgan fingerprint density at radius 3 is 1.41 bits per heavy atom. The molecule has 0 atom stereocenters. The second-order valence-electron chi connectivity index (χ2n) is 9.87. The van der Waals surface area contributed by atoms with Crippen LogP contribution in [0.1, 0.15) is 62.8 Å². The van der Waals surface area contributed by atoms with Crippen LogP contribution in [0.15, 0.2) is 34.1 Å². The molecule has 4 heteroatoms. The average molecular weight is 429 g/mol. The van der Waals surface area contributed by atoms with Gasteiger partial charge in [-0.2, -0.15) is 0 Å². The number of hydrogen-bond acceptors (Lipinski definition) is 4. The van der Waals surface area contributed by atoms with E-state index >= 15 is 0 Å². The molecule has 0 aliphatic carbocycles. The molecule has 0 amide bonds. The molecule has 1 spiro atoms. The maximum Gasteiger partial charge on any atom is 0.122 e. The zero-order valence-corrected chi connectivity index (χ0v) is 20.5. The second kappa shape index (κ2) is 6.88. The van der Waals surface area contributed by atoms with E-state index in [1.807, 2.05) is 0 Å². The molecule has 156 valence electrons. The first-order chi connectivity index (χ1) is 13.5. The molecule has 0 saturated carbocycles. The number of aryl methyl sites for hydroxylation is 2. The van der Waals surface area contributed by atoms with Crippen molar-refractivity contribution in [1.82, 2.24) is 0 Å². The van der Waals surface area contributed by atoms with Crippen LogP contribution >= 0.6 is 23.5 Å². The topological polar surface area (TPSA) is 18.5 Å². The summed E-state index contributed by atoms with van der Waals surface area (Å²) in [5.41, 5.74) is 5.48. The summed E-state index contributed by atoms with van der Waals surface area (Å²) >= 11 is 4.15. The minimum Gasteiger partial charge on any atom is -0.496 e. The zero-order valence-electron chi connectivity index (χ0n) is 18.9. The van der Waals surface area contributed by atoms with Crippen LogP contribution in [0.2, 0.25) is 0 Å². The molecule has 0 aromatic heterocycles. The van der Waals surface area contributed by atoms with Crippen LogP contribution in [0.5, 0.6) is 11.5 Å². The van der Waals surface area contributed by atoms with E-state index in [0.29, 0.717) is 0 Å². The largest absolute Gasteiger partial charge is 0.496 e. The summed E-state index contributed by atoms with van der Waals surface area (Å²) < 4.78 is 11.4. The monoisotopic (exact) mass is 428 g/mol. The van der Waals surface area contributed by atoms with Gasteiger partial charge in [-0.25, -0.2) is 0 Å². The molecular weight excluding hydrogens is 396 g/mol. The summed E-state index contributed by atoms with van der Waals surface area (Å²) in [6.07, 6.45) is 2.28. The van der Waals surface area contributed by atoms with E-state index in [0.717, 1.165) is 24.3 Å². The minimum absolute atomic E-state index is 0.101. The molecule has 0 radical (unpaired) electrons. The quantitative estimate of drug-likeness (QED) is 0.500. The van der Waals surface area contributed by atoms with Gasteiger partial charge < -0.3 is 9.47 Å². The fourth-order valence-electron chi connectivity index (χ4n) is 5.16. The highest BCUT2D eigenvalue weighted by Gasteiger charge is 2.51. The first-order valence-corrected chi connectivity index (χ1v) is 11.9. The highest BCUT2D eigenvalue weighted by atomic mass is 32.2. The Labute approximate surface area is 184 Å². The molecule has 0 bridgehead atoms. The molecular formula is C25H32O2S2. The lowest BCUT2D eigenvalue weighted by atomic mass is 9.73. The standard InChI is InChI=1S/C25H32O2S2/c1-15-9-21-17(11-19(15)26-7)23(3,4)13-25(28-21)14-24(5,6)18-12-20(27-8)16(2)10-22(18)29-25/h9-12H,13-14H2,1-8H3. The van der Waals surface area contributed by atoms with Gasteiger partial charge in [-0.3, -0.25) is 0 Å². The Kier molecular flexibility index (Phi) is 4.98. The maximum atomic E-state index is 5.63. The first kappa shape index (κ1) is 21.0. The van der Waals surface area contributed by atoms with Crippen molar-refractivity contribution in [2.75, 3.05) is 14.2 Å². The smallest absolute Gasteiger partial charge is 0.122 e. The molecule has 0 fully saturated rings. The molecule has 2 aromatic carbocycles. The van der Waals surface area contributed by atoms with Crippen LogP contribution in [0.4, 0.5) is 0 Å². The fourth-order valence-corrected chi connectivity index (χ4v) is 9.76. The third kappa shape index (κ3) is 3.46. The van der Waals surface area contributed by atoms with Crippen molar-refractivity contribution >= 4 is 23.5 Å². The van der Waals surface area contributed by atoms with Gasteiger partial charge in [0.05, 0.1) is 18.3 Å². The van der Waals surface area contributed by atoms with E-state index < -0.39 is 0 Å². The van der Waals surface area contributed by atoms with Crippen LogP contribution in [-0.2, 0) is 10.8 Å². The summed E-state index contributed by atoms with van der Waals surface area (Å²) in [5, 5.41) is 0. The molecule has 0 saturated heterocycles. The van der Waals surface area contributed by atoms with Gasteiger partial charge in [0.2, 0.25) is 0 Å². The van der Waals surface area contributed by atoms with Gasteiger partial charge in [-0.15, -0.1) is 23.5 Å². The highest BCUT2D eigenvalue weighted by Crippen LogP contribution is 2.65. The third-order valence-corrected chi connectivity index (χ3v) is 9.40. The summed E-state index contributed by atoms with van der Waals surface area (Å²) in [6.45, 7) is 13.9. The van der Waals surface area contributed by atoms with Crippen molar-refractivity contribution in [1.29, 1.82) is 0 Å². The first-order valence-electron chi connectivity index (χ1n) is 10.3. The van der Waals surface area contributed by atoms with Crippen LogP contribution in [0, 0.1) is 13.8 Å². The lowest BCUT2D eigenvalue weighted by Gasteiger charge is -2.51. The molecule has 2 aliphatic heterocycles. The SMILES string of the molecule is COc1cc2c(cc1C)SC1(CC2(C)C)CC(C)(C)c2cc(OC)c(C)cc2S1. The Balaban J connectivity index is 1.82. The normalized spacial score (nSPS) is 20.7. The minimum atomic E-state index is 0.101. The fraction of sp³-hybridized carbons (Fsp3) is 0.520. The Bertz CT molecular complexity index is 896. The Hall–Kier alpha value is -1.26. The van der Waals surface area contributed by atoms with Gasteiger partial charge in [0.1, 0.15) is 11.5 Å². The van der Waals surface area contributed by atoms with Gasteiger partial charge in [0.15, 0.2) is 0 Å². The molecule has 2 aromatic rings. The summed E-state index contributed by atoms with van der Waals surface area (Å²) in [4.78, 5) is 2.83. The van der Waals surface area contributed by atoms with Crippen LogP contribution in [0.25, 0.3) is 0 Å². The summed E-state index contributed by atoms with van der Waals surface area (Å²) in [5.74, 6) is 2.00. The van der Waals surface area contributed by atoms with Crippen LogP contribution in [-0.4, -0.2) is 18.3 Å². The molecule has 2 nitrogen and oxygen atoms in total. The van der Waals surface area contributed by atoms with Gasteiger partial charge in [0.25, 0.3) is 0 Å². The number of hydrogen-bond donors (Lipinski definition) is 0. The van der Waals surface area contributed by atoms with E-state index in [1.165, 1.54) is 32.0 Å². The number of ether oxygens (including phenoxy) is 2. The molecule has 29 heavy (non-hydrogen) atoms. The van der Waals surface area contributed by atoms with E-state index in [2.05, 4.69) is 89.3 Å². The Morgan fingerprint density at radius 1 is 0.690 bits per heavy atom. The maximum absolute atomic E-state index is 5.63. The number of benzene rings is 2. The molecule has 2 heterocycles. The predicted molar refractivity (Wildman–Crippen MR) is 125 cm³/mol. The van der Waals surface area contributed by atoms with Crippen molar-refractivity contribution in [3.8, 4) is 11.5 Å². The number of fused-ring (bicyclic) bond motifs is 2. The molecule has 0 N–H and O–H groups in total. The van der Waals surface area contributed by atoms with Gasteiger partial charge in [0, 0.05) is 9.79 Å².